The zero-order valence-electron chi connectivity index (χ0n) is 8.45. The first-order valence-corrected chi connectivity index (χ1v) is 6.15. The van der Waals surface area contributed by atoms with Crippen LogP contribution in [-0.2, 0) is 0 Å². The van der Waals surface area contributed by atoms with E-state index in [2.05, 4.69) is 15.9 Å². The summed E-state index contributed by atoms with van der Waals surface area (Å²) in [5.41, 5.74) is 0.619. The van der Waals surface area contributed by atoms with E-state index in [1.165, 1.54) is 6.07 Å². The van der Waals surface area contributed by atoms with E-state index < -0.39 is 0 Å². The molecule has 1 fully saturated rings. The van der Waals surface area contributed by atoms with Gasteiger partial charge in [-0.2, -0.15) is 0 Å². The highest BCUT2D eigenvalue weighted by molar-refractivity contribution is 9.10. The zero-order chi connectivity index (χ0) is 11.7. The van der Waals surface area contributed by atoms with Crippen molar-refractivity contribution in [3.05, 3.63) is 31.7 Å². The Kier molecular flexibility index (Phi) is 3.35. The Morgan fingerprint density at radius 1 is 1.38 bits per heavy atom. The third-order valence-electron chi connectivity index (χ3n) is 2.63. The lowest BCUT2D eigenvalue weighted by molar-refractivity contribution is -0.384. The molecule has 1 aromatic carbocycles. The fraction of sp³-hybridized carbons (Fsp3) is 0.400. The van der Waals surface area contributed by atoms with Gasteiger partial charge in [-0.25, -0.2) is 0 Å². The van der Waals surface area contributed by atoms with E-state index in [4.69, 9.17) is 11.6 Å². The molecule has 1 aliphatic rings. The van der Waals surface area contributed by atoms with Crippen LogP contribution in [0.5, 0.6) is 0 Å². The third kappa shape index (κ3) is 2.15. The number of benzene rings is 1. The van der Waals surface area contributed by atoms with Gasteiger partial charge in [-0.15, -0.1) is 0 Å². The van der Waals surface area contributed by atoms with E-state index in [1.54, 1.807) is 6.07 Å². The molecule has 0 N–H and O–H groups in total. The zero-order valence-corrected chi connectivity index (χ0v) is 10.8. The van der Waals surface area contributed by atoms with Crippen LogP contribution in [0.25, 0.3) is 0 Å². The number of hydrogen-bond donors (Lipinski definition) is 0. The molecule has 0 amide bonds. The molecule has 4 nitrogen and oxygen atoms in total. The Balaban J connectivity index is 2.52. The third-order valence-corrected chi connectivity index (χ3v) is 3.37. The van der Waals surface area contributed by atoms with Crippen molar-refractivity contribution in [1.82, 2.24) is 0 Å². The van der Waals surface area contributed by atoms with Crippen molar-refractivity contribution in [2.45, 2.75) is 12.8 Å². The lowest BCUT2D eigenvalue weighted by Crippen LogP contribution is -2.19. The lowest BCUT2D eigenvalue weighted by Gasteiger charge is -2.18. The van der Waals surface area contributed by atoms with E-state index in [0.717, 1.165) is 25.9 Å². The number of nitro benzene ring substituents is 1. The highest BCUT2D eigenvalue weighted by Crippen LogP contribution is 2.39. The van der Waals surface area contributed by atoms with Gasteiger partial charge < -0.3 is 4.90 Å². The van der Waals surface area contributed by atoms with Crippen molar-refractivity contribution in [2.24, 2.45) is 0 Å². The highest BCUT2D eigenvalue weighted by Gasteiger charge is 2.25. The first-order chi connectivity index (χ1) is 7.59. The molecule has 0 aliphatic carbocycles. The summed E-state index contributed by atoms with van der Waals surface area (Å²) in [6.45, 7) is 1.67. The summed E-state index contributed by atoms with van der Waals surface area (Å²) >= 11 is 9.30. The summed E-state index contributed by atoms with van der Waals surface area (Å²) in [7, 11) is 0. The lowest BCUT2D eigenvalue weighted by atomic mass is 10.2. The standard InChI is InChI=1S/C10H10BrClN2O2/c11-7-5-8(12)10(9(6-7)14(15)16)13-3-1-2-4-13/h5-6H,1-4H2. The topological polar surface area (TPSA) is 46.4 Å². The second-order valence-electron chi connectivity index (χ2n) is 3.71. The minimum Gasteiger partial charge on any atom is -0.365 e. The normalized spacial score (nSPS) is 15.5. The van der Waals surface area contributed by atoms with Crippen molar-refractivity contribution < 1.29 is 4.92 Å². The summed E-state index contributed by atoms with van der Waals surface area (Å²) < 4.78 is 0.632. The van der Waals surface area contributed by atoms with Crippen LogP contribution in [0.4, 0.5) is 11.4 Å². The summed E-state index contributed by atoms with van der Waals surface area (Å²) in [5.74, 6) is 0. The van der Waals surface area contributed by atoms with Gasteiger partial charge >= 0.3 is 0 Å². The average molecular weight is 306 g/mol. The summed E-state index contributed by atoms with van der Waals surface area (Å²) in [6.07, 6.45) is 2.12. The first kappa shape index (κ1) is 11.7. The van der Waals surface area contributed by atoms with Crippen LogP contribution in [0, 0.1) is 10.1 Å². The minimum atomic E-state index is -0.385. The largest absolute Gasteiger partial charge is 0.365 e. The van der Waals surface area contributed by atoms with Crippen LogP contribution in [0.3, 0.4) is 0 Å². The van der Waals surface area contributed by atoms with Crippen molar-refractivity contribution in [2.75, 3.05) is 18.0 Å². The predicted octanol–water partition coefficient (Wildman–Crippen LogP) is 3.61. The Labute approximate surface area is 106 Å². The fourth-order valence-corrected chi connectivity index (χ4v) is 2.86. The molecule has 0 spiro atoms. The number of halogens is 2. The number of hydrogen-bond acceptors (Lipinski definition) is 3. The summed E-state index contributed by atoms with van der Waals surface area (Å²) in [6, 6.07) is 3.20. The maximum absolute atomic E-state index is 11.0. The molecule has 2 rings (SSSR count). The number of nitro groups is 1. The molecule has 1 heterocycles. The van der Waals surface area contributed by atoms with E-state index >= 15 is 0 Å². The number of rotatable bonds is 2. The van der Waals surface area contributed by atoms with Gasteiger partial charge in [-0.3, -0.25) is 10.1 Å². The van der Waals surface area contributed by atoms with Gasteiger partial charge in [0.1, 0.15) is 5.69 Å². The Hall–Kier alpha value is -0.810. The van der Waals surface area contributed by atoms with Gasteiger partial charge in [0.15, 0.2) is 0 Å². The van der Waals surface area contributed by atoms with Crippen LogP contribution in [-0.4, -0.2) is 18.0 Å². The second kappa shape index (κ2) is 4.59. The van der Waals surface area contributed by atoms with Gasteiger partial charge in [0.05, 0.1) is 9.95 Å². The maximum Gasteiger partial charge on any atom is 0.295 e. The van der Waals surface area contributed by atoms with Crippen molar-refractivity contribution in [3.63, 3.8) is 0 Å². The van der Waals surface area contributed by atoms with Crippen LogP contribution in [0.2, 0.25) is 5.02 Å². The average Bonchev–Trinajstić information content (AvgIpc) is 2.69. The first-order valence-electron chi connectivity index (χ1n) is 4.98. The van der Waals surface area contributed by atoms with Crippen molar-refractivity contribution in [1.29, 1.82) is 0 Å². The number of anilines is 1. The Morgan fingerprint density at radius 3 is 2.56 bits per heavy atom. The smallest absolute Gasteiger partial charge is 0.295 e. The van der Waals surface area contributed by atoms with Gasteiger partial charge in [0.2, 0.25) is 0 Å². The van der Waals surface area contributed by atoms with Gasteiger partial charge in [-0.1, -0.05) is 27.5 Å². The molecule has 16 heavy (non-hydrogen) atoms. The number of nitrogens with zero attached hydrogens (tertiary/aromatic N) is 2. The van der Waals surface area contributed by atoms with Gasteiger partial charge in [-0.05, 0) is 18.9 Å². The van der Waals surface area contributed by atoms with E-state index in [0.29, 0.717) is 15.2 Å². The van der Waals surface area contributed by atoms with E-state index in [-0.39, 0.29) is 10.6 Å². The molecule has 0 unspecified atom stereocenters. The Morgan fingerprint density at radius 2 is 2.00 bits per heavy atom. The SMILES string of the molecule is O=[N+]([O-])c1cc(Br)cc(Cl)c1N1CCCC1. The molecule has 0 aromatic heterocycles. The van der Waals surface area contributed by atoms with Crippen molar-refractivity contribution in [3.8, 4) is 0 Å². The van der Waals surface area contributed by atoms with E-state index in [1.807, 2.05) is 4.90 Å². The van der Waals surface area contributed by atoms with Crippen LogP contribution in [0.15, 0.2) is 16.6 Å². The van der Waals surface area contributed by atoms with Crippen LogP contribution in [0.1, 0.15) is 12.8 Å². The molecule has 0 bridgehead atoms. The highest BCUT2D eigenvalue weighted by atomic mass is 79.9. The van der Waals surface area contributed by atoms with Crippen LogP contribution >= 0.6 is 27.5 Å². The molecule has 1 aliphatic heterocycles. The molecule has 0 radical (unpaired) electrons. The Bertz CT molecular complexity index is 433. The quantitative estimate of drug-likeness (QED) is 0.619. The van der Waals surface area contributed by atoms with Crippen LogP contribution < -0.4 is 4.90 Å². The molecule has 1 saturated heterocycles. The molecular formula is C10H10BrClN2O2. The fourth-order valence-electron chi connectivity index (χ4n) is 1.95. The minimum absolute atomic E-state index is 0.0706. The molecule has 1 aromatic rings. The van der Waals surface area contributed by atoms with Crippen molar-refractivity contribution >= 4 is 38.9 Å². The molecule has 6 heteroatoms. The van der Waals surface area contributed by atoms with E-state index in [9.17, 15) is 10.1 Å². The molecular weight excluding hydrogens is 295 g/mol. The molecule has 86 valence electrons. The monoisotopic (exact) mass is 304 g/mol. The summed E-state index contributed by atoms with van der Waals surface area (Å²) in [5, 5.41) is 11.4. The second-order valence-corrected chi connectivity index (χ2v) is 5.03. The van der Waals surface area contributed by atoms with Gasteiger partial charge in [0.25, 0.3) is 5.69 Å². The summed E-state index contributed by atoms with van der Waals surface area (Å²) in [4.78, 5) is 12.6. The predicted molar refractivity (Wildman–Crippen MR) is 67.3 cm³/mol. The molecule has 0 saturated carbocycles. The van der Waals surface area contributed by atoms with Gasteiger partial charge in [0, 0.05) is 23.6 Å². The molecule has 0 atom stereocenters. The maximum atomic E-state index is 11.0.